The highest BCUT2D eigenvalue weighted by Gasteiger charge is 2.09. The summed E-state index contributed by atoms with van der Waals surface area (Å²) in [6.07, 6.45) is 1.75. The van der Waals surface area contributed by atoms with E-state index in [2.05, 4.69) is 15.2 Å². The van der Waals surface area contributed by atoms with Gasteiger partial charge in [-0.2, -0.15) is 5.10 Å². The van der Waals surface area contributed by atoms with Crippen LogP contribution in [0.1, 0.15) is 11.4 Å². The van der Waals surface area contributed by atoms with Crippen molar-refractivity contribution in [1.29, 1.82) is 0 Å². The number of hydrogen-bond donors (Lipinski definition) is 0. The molecule has 0 aliphatic carbocycles. The highest BCUT2D eigenvalue weighted by atomic mass is 15.2. The van der Waals surface area contributed by atoms with Gasteiger partial charge in [0.05, 0.1) is 17.2 Å². The average Bonchev–Trinajstić information content (AvgIpc) is 2.64. The highest BCUT2D eigenvalue weighted by molar-refractivity contribution is 5.77. The molecule has 0 bridgehead atoms. The van der Waals surface area contributed by atoms with Gasteiger partial charge in [-0.3, -0.25) is 4.57 Å². The third-order valence-electron chi connectivity index (χ3n) is 2.74. The van der Waals surface area contributed by atoms with E-state index in [0.717, 1.165) is 28.2 Å². The van der Waals surface area contributed by atoms with E-state index in [1.54, 1.807) is 6.20 Å². The molecule has 0 fully saturated rings. The first-order valence-electron chi connectivity index (χ1n) is 5.49. The Kier molecular flexibility index (Phi) is 2.14. The summed E-state index contributed by atoms with van der Waals surface area (Å²) in [4.78, 5) is 4.51. The Bertz CT molecular complexity index is 685. The summed E-state index contributed by atoms with van der Waals surface area (Å²) in [7, 11) is 0. The molecule has 3 aromatic rings. The molecule has 84 valence electrons. The summed E-state index contributed by atoms with van der Waals surface area (Å²) in [5.74, 6) is 1.74. The second-order valence-electron chi connectivity index (χ2n) is 4.07. The van der Waals surface area contributed by atoms with Crippen LogP contribution in [0.5, 0.6) is 0 Å². The van der Waals surface area contributed by atoms with Gasteiger partial charge in [-0.15, -0.1) is 5.10 Å². The van der Waals surface area contributed by atoms with E-state index in [-0.39, 0.29) is 0 Å². The molecule has 3 rings (SSSR count). The highest BCUT2D eigenvalue weighted by Crippen LogP contribution is 2.19. The molecule has 0 aliphatic rings. The van der Waals surface area contributed by atoms with Crippen LogP contribution in [-0.2, 0) is 0 Å². The van der Waals surface area contributed by atoms with Crippen molar-refractivity contribution < 1.29 is 0 Å². The summed E-state index contributed by atoms with van der Waals surface area (Å²) < 4.78 is 2.02. The predicted molar refractivity (Wildman–Crippen MR) is 66.1 cm³/mol. The van der Waals surface area contributed by atoms with Crippen molar-refractivity contribution in [3.63, 3.8) is 0 Å². The molecule has 0 radical (unpaired) electrons. The molecule has 4 heteroatoms. The summed E-state index contributed by atoms with van der Waals surface area (Å²) >= 11 is 0. The number of hydrogen-bond acceptors (Lipinski definition) is 3. The van der Waals surface area contributed by atoms with Gasteiger partial charge in [-0.1, -0.05) is 12.1 Å². The lowest BCUT2D eigenvalue weighted by molar-refractivity contribution is 0.890. The van der Waals surface area contributed by atoms with E-state index in [1.165, 1.54) is 0 Å². The lowest BCUT2D eigenvalue weighted by atomic mass is 10.3. The molecule has 0 saturated heterocycles. The fourth-order valence-corrected chi connectivity index (χ4v) is 1.99. The topological polar surface area (TPSA) is 43.6 Å². The van der Waals surface area contributed by atoms with Crippen molar-refractivity contribution in [2.24, 2.45) is 0 Å². The number of nitrogens with zero attached hydrogens (tertiary/aromatic N) is 4. The van der Waals surface area contributed by atoms with Crippen LogP contribution < -0.4 is 0 Å². The molecule has 2 aromatic heterocycles. The molecular weight excluding hydrogens is 212 g/mol. The van der Waals surface area contributed by atoms with Gasteiger partial charge in [-0.25, -0.2) is 4.98 Å². The molecule has 2 heterocycles. The van der Waals surface area contributed by atoms with Gasteiger partial charge in [0.15, 0.2) is 5.82 Å². The van der Waals surface area contributed by atoms with Crippen molar-refractivity contribution in [2.45, 2.75) is 13.8 Å². The van der Waals surface area contributed by atoms with E-state index in [9.17, 15) is 0 Å². The quantitative estimate of drug-likeness (QED) is 0.637. The van der Waals surface area contributed by atoms with Crippen LogP contribution in [0.3, 0.4) is 0 Å². The molecule has 0 saturated carbocycles. The lowest BCUT2D eigenvalue weighted by Gasteiger charge is -2.05. The molecular formula is C13H12N4. The average molecular weight is 224 g/mol. The molecule has 1 aromatic carbocycles. The largest absolute Gasteiger partial charge is 0.279 e. The van der Waals surface area contributed by atoms with Crippen molar-refractivity contribution in [2.75, 3.05) is 0 Å². The van der Waals surface area contributed by atoms with E-state index in [1.807, 2.05) is 48.7 Å². The predicted octanol–water partition coefficient (Wildman–Crippen LogP) is 2.43. The van der Waals surface area contributed by atoms with Crippen LogP contribution in [0.25, 0.3) is 16.9 Å². The Morgan fingerprint density at radius 3 is 2.76 bits per heavy atom. The van der Waals surface area contributed by atoms with E-state index in [4.69, 9.17) is 0 Å². The van der Waals surface area contributed by atoms with Gasteiger partial charge in [0.2, 0.25) is 0 Å². The molecule has 0 amide bonds. The summed E-state index contributed by atoms with van der Waals surface area (Å²) in [6, 6.07) is 10.0. The van der Waals surface area contributed by atoms with Gasteiger partial charge in [-0.05, 0) is 37.6 Å². The van der Waals surface area contributed by atoms with E-state index < -0.39 is 0 Å². The Morgan fingerprint density at radius 2 is 1.94 bits per heavy atom. The smallest absolute Gasteiger partial charge is 0.161 e. The summed E-state index contributed by atoms with van der Waals surface area (Å²) in [6.45, 7) is 3.98. The normalized spacial score (nSPS) is 10.9. The van der Waals surface area contributed by atoms with Crippen LogP contribution in [0.2, 0.25) is 0 Å². The van der Waals surface area contributed by atoms with Gasteiger partial charge in [0, 0.05) is 0 Å². The number of aryl methyl sites for hydroxylation is 2. The van der Waals surface area contributed by atoms with Crippen molar-refractivity contribution in [3.8, 4) is 5.82 Å². The maximum Gasteiger partial charge on any atom is 0.161 e. The second-order valence-corrected chi connectivity index (χ2v) is 4.07. The molecule has 0 aliphatic heterocycles. The first-order chi connectivity index (χ1) is 8.25. The Labute approximate surface area is 98.9 Å². The molecule has 0 N–H and O–H groups in total. The zero-order chi connectivity index (χ0) is 11.8. The Hall–Kier alpha value is -2.23. The SMILES string of the molecule is Cc1cnnc(-n2c(C)nc3ccccc32)c1. The van der Waals surface area contributed by atoms with Crippen LogP contribution in [-0.4, -0.2) is 19.7 Å². The Morgan fingerprint density at radius 1 is 1.12 bits per heavy atom. The third kappa shape index (κ3) is 1.58. The van der Waals surface area contributed by atoms with Crippen molar-refractivity contribution in [1.82, 2.24) is 19.7 Å². The molecule has 4 nitrogen and oxygen atoms in total. The maximum absolute atomic E-state index is 4.51. The van der Waals surface area contributed by atoms with Crippen molar-refractivity contribution in [3.05, 3.63) is 47.9 Å². The minimum atomic E-state index is 0.816. The number of aromatic nitrogens is 4. The fourth-order valence-electron chi connectivity index (χ4n) is 1.99. The Balaban J connectivity index is 2.33. The van der Waals surface area contributed by atoms with Gasteiger partial charge in [0.25, 0.3) is 0 Å². The molecule has 17 heavy (non-hydrogen) atoms. The lowest BCUT2D eigenvalue weighted by Crippen LogP contribution is -2.01. The van der Waals surface area contributed by atoms with Crippen LogP contribution >= 0.6 is 0 Å². The molecule has 0 unspecified atom stereocenters. The number of rotatable bonds is 1. The van der Waals surface area contributed by atoms with E-state index >= 15 is 0 Å². The summed E-state index contributed by atoms with van der Waals surface area (Å²) in [5.41, 5.74) is 3.13. The number of para-hydroxylation sites is 2. The minimum absolute atomic E-state index is 0.816. The van der Waals surface area contributed by atoms with Crippen LogP contribution in [0.15, 0.2) is 36.5 Å². The van der Waals surface area contributed by atoms with Gasteiger partial charge < -0.3 is 0 Å². The standard InChI is InChI=1S/C13H12N4/c1-9-7-13(16-14-8-9)17-10(2)15-11-5-3-4-6-12(11)17/h3-8H,1-2H3. The zero-order valence-electron chi connectivity index (χ0n) is 9.75. The molecule has 0 spiro atoms. The molecule has 0 atom stereocenters. The number of imidazole rings is 1. The zero-order valence-corrected chi connectivity index (χ0v) is 9.75. The first kappa shape index (κ1) is 9.96. The monoisotopic (exact) mass is 224 g/mol. The second kappa shape index (κ2) is 3.66. The first-order valence-corrected chi connectivity index (χ1v) is 5.49. The number of fused-ring (bicyclic) bond motifs is 1. The van der Waals surface area contributed by atoms with Gasteiger partial charge in [0.1, 0.15) is 5.82 Å². The third-order valence-corrected chi connectivity index (χ3v) is 2.74. The fraction of sp³-hybridized carbons (Fsp3) is 0.154. The van der Waals surface area contributed by atoms with Crippen LogP contribution in [0.4, 0.5) is 0 Å². The van der Waals surface area contributed by atoms with Crippen LogP contribution in [0, 0.1) is 13.8 Å². The van der Waals surface area contributed by atoms with Gasteiger partial charge >= 0.3 is 0 Å². The summed E-state index contributed by atoms with van der Waals surface area (Å²) in [5, 5.41) is 8.16. The minimum Gasteiger partial charge on any atom is -0.279 e. The van der Waals surface area contributed by atoms with E-state index in [0.29, 0.717) is 0 Å². The number of benzene rings is 1. The maximum atomic E-state index is 4.51. The van der Waals surface area contributed by atoms with Crippen molar-refractivity contribution >= 4 is 11.0 Å².